The summed E-state index contributed by atoms with van der Waals surface area (Å²) >= 11 is 9.35. The third-order valence-electron chi connectivity index (χ3n) is 3.28. The molecule has 0 spiro atoms. The van der Waals surface area contributed by atoms with Gasteiger partial charge in [-0.3, -0.25) is 4.79 Å². The lowest BCUT2D eigenvalue weighted by atomic mass is 10.1. The standard InChI is InChI=1S/C15H11BrClFN2O/c16-10-3-8(1-2-12(10)18)7-19-14-4-9-5-15(21)20-13(9)6-11(14)17/h1-4,6,19H,5,7H2,(H,20,21). The molecular weight excluding hydrogens is 359 g/mol. The fourth-order valence-electron chi connectivity index (χ4n) is 2.23. The molecule has 1 aliphatic heterocycles. The normalized spacial score (nSPS) is 13.0. The molecule has 1 amide bonds. The average Bonchev–Trinajstić information content (AvgIpc) is 2.79. The Hall–Kier alpha value is -1.59. The van der Waals surface area contributed by atoms with Crippen LogP contribution in [0, 0.1) is 5.82 Å². The molecule has 2 aromatic carbocycles. The number of fused-ring (bicyclic) bond motifs is 1. The summed E-state index contributed by atoms with van der Waals surface area (Å²) in [4.78, 5) is 11.4. The zero-order valence-corrected chi connectivity index (χ0v) is 13.2. The third kappa shape index (κ3) is 3.04. The summed E-state index contributed by atoms with van der Waals surface area (Å²) in [6, 6.07) is 8.45. The summed E-state index contributed by atoms with van der Waals surface area (Å²) in [6.07, 6.45) is 0.364. The monoisotopic (exact) mass is 368 g/mol. The summed E-state index contributed by atoms with van der Waals surface area (Å²) in [5, 5.41) is 6.50. The number of hydrogen-bond donors (Lipinski definition) is 2. The number of nitrogens with one attached hydrogen (secondary N) is 2. The van der Waals surface area contributed by atoms with Crippen molar-refractivity contribution in [3.63, 3.8) is 0 Å². The fourth-order valence-corrected chi connectivity index (χ4v) is 2.89. The van der Waals surface area contributed by atoms with Gasteiger partial charge in [0.25, 0.3) is 0 Å². The molecule has 6 heteroatoms. The van der Waals surface area contributed by atoms with Crippen molar-refractivity contribution in [3.05, 3.63) is 56.8 Å². The number of rotatable bonds is 3. The minimum Gasteiger partial charge on any atom is -0.380 e. The van der Waals surface area contributed by atoms with Crippen LogP contribution in [0.5, 0.6) is 0 Å². The van der Waals surface area contributed by atoms with Gasteiger partial charge in [-0.05, 0) is 51.3 Å². The number of anilines is 2. The lowest BCUT2D eigenvalue weighted by molar-refractivity contribution is -0.115. The highest BCUT2D eigenvalue weighted by Gasteiger charge is 2.19. The number of amides is 1. The molecule has 1 heterocycles. The molecular formula is C15H11BrClFN2O. The van der Waals surface area contributed by atoms with Crippen LogP contribution in [-0.2, 0) is 17.8 Å². The van der Waals surface area contributed by atoms with E-state index in [1.807, 2.05) is 6.07 Å². The van der Waals surface area contributed by atoms with Crippen molar-refractivity contribution in [1.82, 2.24) is 0 Å². The number of benzene rings is 2. The molecule has 0 aliphatic carbocycles. The highest BCUT2D eigenvalue weighted by atomic mass is 79.9. The summed E-state index contributed by atoms with van der Waals surface area (Å²) < 4.78 is 13.6. The lowest BCUT2D eigenvalue weighted by Crippen LogP contribution is -2.03. The van der Waals surface area contributed by atoms with Crippen LogP contribution in [0.3, 0.4) is 0 Å². The van der Waals surface area contributed by atoms with Crippen molar-refractivity contribution in [1.29, 1.82) is 0 Å². The molecule has 3 nitrogen and oxygen atoms in total. The summed E-state index contributed by atoms with van der Waals surface area (Å²) in [7, 11) is 0. The van der Waals surface area contributed by atoms with E-state index in [2.05, 4.69) is 26.6 Å². The minimum atomic E-state index is -0.293. The summed E-state index contributed by atoms with van der Waals surface area (Å²) in [5.74, 6) is -0.320. The Morgan fingerprint density at radius 3 is 2.90 bits per heavy atom. The molecule has 0 bridgehead atoms. The topological polar surface area (TPSA) is 41.1 Å². The highest BCUT2D eigenvalue weighted by Crippen LogP contribution is 2.33. The van der Waals surface area contributed by atoms with Gasteiger partial charge in [0.15, 0.2) is 0 Å². The Kier molecular flexibility index (Phi) is 3.87. The third-order valence-corrected chi connectivity index (χ3v) is 4.21. The quantitative estimate of drug-likeness (QED) is 0.844. The van der Waals surface area contributed by atoms with Gasteiger partial charge in [0.2, 0.25) is 5.91 Å². The lowest BCUT2D eigenvalue weighted by Gasteiger charge is -2.11. The van der Waals surface area contributed by atoms with Gasteiger partial charge in [0.1, 0.15) is 5.82 Å². The van der Waals surface area contributed by atoms with E-state index in [0.717, 1.165) is 22.5 Å². The Balaban J connectivity index is 1.78. The van der Waals surface area contributed by atoms with Crippen molar-refractivity contribution in [2.45, 2.75) is 13.0 Å². The molecule has 0 fully saturated rings. The Morgan fingerprint density at radius 2 is 2.14 bits per heavy atom. The maximum absolute atomic E-state index is 13.2. The predicted molar refractivity (Wildman–Crippen MR) is 85.2 cm³/mol. The van der Waals surface area contributed by atoms with Crippen LogP contribution in [0.15, 0.2) is 34.8 Å². The average molecular weight is 370 g/mol. The van der Waals surface area contributed by atoms with E-state index in [1.165, 1.54) is 6.07 Å². The summed E-state index contributed by atoms with van der Waals surface area (Å²) in [5.41, 5.74) is 3.37. The van der Waals surface area contributed by atoms with Gasteiger partial charge in [0, 0.05) is 12.2 Å². The molecule has 0 radical (unpaired) electrons. The van der Waals surface area contributed by atoms with Gasteiger partial charge >= 0.3 is 0 Å². The van der Waals surface area contributed by atoms with Gasteiger partial charge in [-0.2, -0.15) is 0 Å². The molecule has 2 aromatic rings. The molecule has 0 atom stereocenters. The number of halogens is 3. The molecule has 0 aromatic heterocycles. The Bertz CT molecular complexity index is 736. The van der Waals surface area contributed by atoms with E-state index in [-0.39, 0.29) is 11.7 Å². The van der Waals surface area contributed by atoms with E-state index in [9.17, 15) is 9.18 Å². The number of carbonyl (C=O) groups is 1. The first-order valence-corrected chi connectivity index (χ1v) is 7.50. The Labute approximate surface area is 134 Å². The highest BCUT2D eigenvalue weighted by molar-refractivity contribution is 9.10. The largest absolute Gasteiger partial charge is 0.380 e. The predicted octanol–water partition coefficient (Wildman–Crippen LogP) is 4.35. The molecule has 2 N–H and O–H groups in total. The zero-order valence-electron chi connectivity index (χ0n) is 10.8. The van der Waals surface area contributed by atoms with Crippen molar-refractivity contribution in [2.75, 3.05) is 10.6 Å². The van der Waals surface area contributed by atoms with E-state index in [4.69, 9.17) is 11.6 Å². The smallest absolute Gasteiger partial charge is 0.228 e. The van der Waals surface area contributed by atoms with Crippen LogP contribution >= 0.6 is 27.5 Å². The Morgan fingerprint density at radius 1 is 1.33 bits per heavy atom. The molecule has 0 unspecified atom stereocenters. The maximum Gasteiger partial charge on any atom is 0.228 e. The van der Waals surface area contributed by atoms with Crippen molar-refractivity contribution in [2.24, 2.45) is 0 Å². The summed E-state index contributed by atoms with van der Waals surface area (Å²) in [6.45, 7) is 0.513. The second kappa shape index (κ2) is 5.66. The molecule has 0 saturated carbocycles. The van der Waals surface area contributed by atoms with Gasteiger partial charge in [-0.25, -0.2) is 4.39 Å². The van der Waals surface area contributed by atoms with Gasteiger partial charge in [-0.1, -0.05) is 17.7 Å². The van der Waals surface area contributed by atoms with Crippen LogP contribution in [0.4, 0.5) is 15.8 Å². The van der Waals surface area contributed by atoms with Crippen LogP contribution in [0.25, 0.3) is 0 Å². The van der Waals surface area contributed by atoms with Crippen molar-refractivity contribution in [3.8, 4) is 0 Å². The van der Waals surface area contributed by atoms with E-state index < -0.39 is 0 Å². The minimum absolute atomic E-state index is 0.0271. The van der Waals surface area contributed by atoms with Crippen LogP contribution in [0.2, 0.25) is 5.02 Å². The molecule has 3 rings (SSSR count). The number of carbonyl (C=O) groups excluding carboxylic acids is 1. The first-order chi connectivity index (χ1) is 10.0. The van der Waals surface area contributed by atoms with Crippen LogP contribution in [-0.4, -0.2) is 5.91 Å². The first kappa shape index (κ1) is 14.4. The van der Waals surface area contributed by atoms with Gasteiger partial charge in [-0.15, -0.1) is 0 Å². The van der Waals surface area contributed by atoms with E-state index in [1.54, 1.807) is 18.2 Å². The molecule has 21 heavy (non-hydrogen) atoms. The number of hydrogen-bond acceptors (Lipinski definition) is 2. The van der Waals surface area contributed by atoms with E-state index >= 15 is 0 Å². The maximum atomic E-state index is 13.2. The fraction of sp³-hybridized carbons (Fsp3) is 0.133. The zero-order chi connectivity index (χ0) is 15.0. The van der Waals surface area contributed by atoms with Gasteiger partial charge in [0.05, 0.1) is 21.6 Å². The SMILES string of the molecule is O=C1Cc2cc(NCc3ccc(F)c(Br)c3)c(Cl)cc2N1. The second-order valence-corrected chi connectivity index (χ2v) is 6.08. The second-order valence-electron chi connectivity index (χ2n) is 4.82. The van der Waals surface area contributed by atoms with Crippen molar-refractivity contribution < 1.29 is 9.18 Å². The molecule has 108 valence electrons. The van der Waals surface area contributed by atoms with Crippen LogP contribution < -0.4 is 10.6 Å². The van der Waals surface area contributed by atoms with Gasteiger partial charge < -0.3 is 10.6 Å². The molecule has 1 aliphatic rings. The van der Waals surface area contributed by atoms with Crippen LogP contribution in [0.1, 0.15) is 11.1 Å². The molecule has 0 saturated heterocycles. The van der Waals surface area contributed by atoms with E-state index in [0.29, 0.717) is 22.5 Å². The first-order valence-electron chi connectivity index (χ1n) is 6.33. The van der Waals surface area contributed by atoms with Crippen molar-refractivity contribution >= 4 is 44.8 Å².